The van der Waals surface area contributed by atoms with E-state index >= 15 is 4.39 Å². The number of halogens is 1. The van der Waals surface area contributed by atoms with E-state index in [-0.39, 0.29) is 17.9 Å². The zero-order valence-electron chi connectivity index (χ0n) is 21.5. The van der Waals surface area contributed by atoms with Gasteiger partial charge in [0, 0.05) is 30.6 Å². The van der Waals surface area contributed by atoms with E-state index < -0.39 is 11.9 Å². The average Bonchev–Trinajstić information content (AvgIpc) is 3.71. The first-order chi connectivity index (χ1) is 18.5. The molecule has 0 aliphatic heterocycles. The van der Waals surface area contributed by atoms with Crippen LogP contribution in [-0.2, 0) is 6.54 Å². The summed E-state index contributed by atoms with van der Waals surface area (Å²) in [5.74, 6) is 11.6. The minimum atomic E-state index is -1.07. The van der Waals surface area contributed by atoms with Crippen LogP contribution >= 0.6 is 0 Å². The van der Waals surface area contributed by atoms with Gasteiger partial charge in [0.15, 0.2) is 11.6 Å². The number of methoxy groups -OCH3 is 1. The van der Waals surface area contributed by atoms with Crippen molar-refractivity contribution in [1.29, 1.82) is 0 Å². The highest BCUT2D eigenvalue weighted by Gasteiger charge is 2.24. The van der Waals surface area contributed by atoms with Crippen LogP contribution in [-0.4, -0.2) is 37.9 Å². The number of nitrogens with two attached hydrogens (primary N) is 2. The van der Waals surface area contributed by atoms with Gasteiger partial charge in [0.1, 0.15) is 30.2 Å². The minimum Gasteiger partial charge on any atom is -0.494 e. The van der Waals surface area contributed by atoms with Gasteiger partial charge in [0.25, 0.3) is 0 Å². The average molecular weight is 522 g/mol. The Balaban J connectivity index is 0.00000164. The van der Waals surface area contributed by atoms with Crippen LogP contribution in [0.15, 0.2) is 54.2 Å². The Morgan fingerprint density at radius 3 is 2.74 bits per heavy atom. The Morgan fingerprint density at radius 1 is 1.24 bits per heavy atom. The molecule has 4 aromatic rings. The van der Waals surface area contributed by atoms with Crippen molar-refractivity contribution >= 4 is 23.5 Å². The first-order valence-electron chi connectivity index (χ1n) is 12.3. The van der Waals surface area contributed by atoms with E-state index in [0.29, 0.717) is 28.8 Å². The maximum Gasteiger partial charge on any atom is 0.172 e. The molecule has 6 N–H and O–H groups in total. The second-order valence-corrected chi connectivity index (χ2v) is 8.50. The van der Waals surface area contributed by atoms with Crippen molar-refractivity contribution in [2.24, 2.45) is 16.8 Å². The number of hydrogen-bond acceptors (Lipinski definition) is 9. The third-order valence-electron chi connectivity index (χ3n) is 6.11. The third-order valence-corrected chi connectivity index (χ3v) is 6.11. The maximum absolute atomic E-state index is 15.0. The molecule has 1 saturated carbocycles. The summed E-state index contributed by atoms with van der Waals surface area (Å²) < 4.78 is 22.1. The Kier molecular flexibility index (Phi) is 8.34. The maximum atomic E-state index is 15.0. The predicted molar refractivity (Wildman–Crippen MR) is 144 cm³/mol. The lowest BCUT2D eigenvalue weighted by Gasteiger charge is -2.19. The number of benzene rings is 1. The molecule has 1 aliphatic rings. The second kappa shape index (κ2) is 11.8. The predicted octanol–water partition coefficient (Wildman–Crippen LogP) is 3.45. The summed E-state index contributed by atoms with van der Waals surface area (Å²) >= 11 is 0. The normalized spacial score (nSPS) is 13.7. The zero-order valence-corrected chi connectivity index (χ0v) is 21.5. The Bertz CT molecular complexity index is 1420. The number of imidazole rings is 1. The fourth-order valence-electron chi connectivity index (χ4n) is 4.06. The SMILES string of the molecule is CC.COc1ccc(N(N)/C=N\N)c(CNc2cc(C(O)c3cn4cc(C5CC5)ccc4n3)ncn2)c1F. The molecule has 0 radical (unpaired) electrons. The fraction of sp³-hybridized carbons (Fsp3) is 0.308. The molecular formula is C26H32FN9O2. The molecule has 0 saturated heterocycles. The molecule has 200 valence electrons. The third kappa shape index (κ3) is 5.66. The van der Waals surface area contributed by atoms with Crippen molar-refractivity contribution in [2.45, 2.75) is 45.3 Å². The van der Waals surface area contributed by atoms with E-state index in [9.17, 15) is 5.11 Å². The van der Waals surface area contributed by atoms with Gasteiger partial charge in [-0.25, -0.2) is 25.2 Å². The topological polar surface area (TPSA) is 152 Å². The van der Waals surface area contributed by atoms with Crippen molar-refractivity contribution in [1.82, 2.24) is 19.4 Å². The first-order valence-corrected chi connectivity index (χ1v) is 12.3. The minimum absolute atomic E-state index is 0.00926. The molecule has 1 aliphatic carbocycles. The van der Waals surface area contributed by atoms with Crippen LogP contribution in [0.25, 0.3) is 5.65 Å². The molecule has 0 amide bonds. The van der Waals surface area contributed by atoms with E-state index in [4.69, 9.17) is 16.4 Å². The molecular weight excluding hydrogens is 489 g/mol. The highest BCUT2D eigenvalue weighted by molar-refractivity contribution is 5.79. The van der Waals surface area contributed by atoms with Crippen LogP contribution in [0.5, 0.6) is 5.75 Å². The largest absolute Gasteiger partial charge is 0.494 e. The van der Waals surface area contributed by atoms with Crippen molar-refractivity contribution in [3.8, 4) is 5.75 Å². The Morgan fingerprint density at radius 2 is 2.03 bits per heavy atom. The number of anilines is 2. The molecule has 5 rings (SSSR count). The van der Waals surface area contributed by atoms with Crippen molar-refractivity contribution in [2.75, 3.05) is 17.4 Å². The van der Waals surface area contributed by atoms with Gasteiger partial charge in [0.2, 0.25) is 0 Å². The highest BCUT2D eigenvalue weighted by atomic mass is 19.1. The van der Waals surface area contributed by atoms with Crippen molar-refractivity contribution in [3.05, 3.63) is 77.4 Å². The summed E-state index contributed by atoms with van der Waals surface area (Å²) in [6, 6.07) is 8.67. The number of hydrazone groups is 1. The molecule has 1 fully saturated rings. The summed E-state index contributed by atoms with van der Waals surface area (Å²) in [4.78, 5) is 12.9. The van der Waals surface area contributed by atoms with Crippen LogP contribution in [0, 0.1) is 5.82 Å². The molecule has 3 aromatic heterocycles. The van der Waals surface area contributed by atoms with Crippen LogP contribution in [0.2, 0.25) is 0 Å². The van der Waals surface area contributed by atoms with Crippen LogP contribution in [0.3, 0.4) is 0 Å². The molecule has 38 heavy (non-hydrogen) atoms. The number of aliphatic hydroxyl groups is 1. The number of nitrogens with one attached hydrogen (secondary N) is 1. The van der Waals surface area contributed by atoms with Crippen LogP contribution in [0.4, 0.5) is 15.9 Å². The first kappa shape index (κ1) is 26.8. The monoisotopic (exact) mass is 521 g/mol. The van der Waals surface area contributed by atoms with Gasteiger partial charge in [-0.2, -0.15) is 5.10 Å². The number of rotatable bonds is 9. The standard InChI is InChI=1S/C24H26FN9O2.C2H6/c1-36-20-6-5-19(34(27)13-31-26)16(23(20)25)9-28-21-8-17(29-12-30-21)24(35)18-11-33-10-15(14-2-3-14)4-7-22(33)32-18;1-2/h4-8,10-14,24,35H,2-3,9,26-27H2,1H3,(H,28,29,30);1-2H3/b31-13-;. The number of pyridine rings is 1. The molecule has 1 aromatic carbocycles. The number of hydrogen-bond donors (Lipinski definition) is 4. The van der Waals surface area contributed by atoms with Gasteiger partial charge < -0.3 is 25.4 Å². The Hall–Kier alpha value is -4.29. The van der Waals surface area contributed by atoms with Crippen molar-refractivity contribution < 1.29 is 14.2 Å². The molecule has 1 atom stereocenters. The fourth-order valence-corrected chi connectivity index (χ4v) is 4.06. The van der Waals surface area contributed by atoms with Gasteiger partial charge in [-0.15, -0.1) is 0 Å². The molecule has 1 unspecified atom stereocenters. The van der Waals surface area contributed by atoms with E-state index in [1.807, 2.05) is 24.3 Å². The van der Waals surface area contributed by atoms with Gasteiger partial charge >= 0.3 is 0 Å². The summed E-state index contributed by atoms with van der Waals surface area (Å²) in [6.45, 7) is 4.01. The quantitative estimate of drug-likeness (QED) is 0.112. The second-order valence-electron chi connectivity index (χ2n) is 8.50. The number of hydrazine groups is 1. The lowest BCUT2D eigenvalue weighted by Crippen LogP contribution is -2.31. The van der Waals surface area contributed by atoms with Gasteiger partial charge in [-0.3, -0.25) is 5.01 Å². The smallest absolute Gasteiger partial charge is 0.172 e. The van der Waals surface area contributed by atoms with Gasteiger partial charge in [-0.1, -0.05) is 19.9 Å². The zero-order chi connectivity index (χ0) is 27.2. The molecule has 3 heterocycles. The molecule has 0 bridgehead atoms. The lowest BCUT2D eigenvalue weighted by molar-refractivity contribution is 0.211. The summed E-state index contributed by atoms with van der Waals surface area (Å²) in [5, 5.41) is 18.5. The van der Waals surface area contributed by atoms with Crippen molar-refractivity contribution in [3.63, 3.8) is 0 Å². The highest BCUT2D eigenvalue weighted by Crippen LogP contribution is 2.40. The number of ether oxygens (including phenoxy) is 1. The van der Waals surface area contributed by atoms with Gasteiger partial charge in [-0.05, 0) is 42.5 Å². The van der Waals surface area contributed by atoms with E-state index in [1.54, 1.807) is 18.3 Å². The summed E-state index contributed by atoms with van der Waals surface area (Å²) in [5.41, 5.74) is 3.37. The summed E-state index contributed by atoms with van der Waals surface area (Å²) in [7, 11) is 1.38. The number of fused-ring (bicyclic) bond motifs is 1. The van der Waals surface area contributed by atoms with Crippen LogP contribution in [0.1, 0.15) is 61.2 Å². The molecule has 11 nitrogen and oxygen atoms in total. The summed E-state index contributed by atoms with van der Waals surface area (Å²) in [6.07, 6.45) is 7.68. The lowest BCUT2D eigenvalue weighted by atomic mass is 10.1. The number of nitrogens with zero attached hydrogens (tertiary/aromatic N) is 6. The van der Waals surface area contributed by atoms with E-state index in [2.05, 4.69) is 37.6 Å². The number of aromatic nitrogens is 4. The Labute approximate surface area is 220 Å². The van der Waals surface area contributed by atoms with E-state index in [1.165, 1.54) is 37.9 Å². The van der Waals surface area contributed by atoms with E-state index in [0.717, 1.165) is 17.0 Å². The number of aliphatic hydroxyl groups excluding tert-OH is 1. The molecule has 0 spiro atoms. The van der Waals surface area contributed by atoms with Crippen LogP contribution < -0.4 is 26.7 Å². The molecule has 12 heteroatoms. The van der Waals surface area contributed by atoms with Gasteiger partial charge in [0.05, 0.1) is 24.2 Å².